The maximum Gasteiger partial charge on any atom is 0.249 e. The van der Waals surface area contributed by atoms with Crippen LogP contribution < -0.4 is 0 Å². The normalized spacial score (nSPS) is 20.8. The molecule has 0 spiro atoms. The Morgan fingerprint density at radius 2 is 2.25 bits per heavy atom. The zero-order chi connectivity index (χ0) is 9.19. The van der Waals surface area contributed by atoms with E-state index < -0.39 is 5.92 Å². The molecule has 3 heteroatoms. The highest BCUT2D eigenvalue weighted by Crippen LogP contribution is 2.45. The Kier molecular flexibility index (Phi) is 2.43. The first kappa shape index (κ1) is 9.14. The summed E-state index contributed by atoms with van der Waals surface area (Å²) in [5, 5.41) is 0. The van der Waals surface area contributed by atoms with Crippen molar-refractivity contribution < 1.29 is 13.6 Å². The second kappa shape index (κ2) is 3.20. The van der Waals surface area contributed by atoms with Gasteiger partial charge in [0.15, 0.2) is 0 Å². The van der Waals surface area contributed by atoms with Crippen molar-refractivity contribution in [1.82, 2.24) is 0 Å². The zero-order valence-corrected chi connectivity index (χ0v) is 6.65. The van der Waals surface area contributed by atoms with Crippen molar-refractivity contribution in [2.75, 3.05) is 0 Å². The second-order valence-electron chi connectivity index (χ2n) is 3.08. The Morgan fingerprint density at radius 3 is 2.58 bits per heavy atom. The van der Waals surface area contributed by atoms with Crippen LogP contribution in [-0.4, -0.2) is 11.9 Å². The minimum absolute atomic E-state index is 0.203. The van der Waals surface area contributed by atoms with Gasteiger partial charge in [0.2, 0.25) is 5.92 Å². The molecule has 66 valence electrons. The van der Waals surface area contributed by atoms with E-state index in [1.807, 2.05) is 0 Å². The van der Waals surface area contributed by atoms with Crippen molar-refractivity contribution in [2.24, 2.45) is 5.92 Å². The highest BCUT2D eigenvalue weighted by Gasteiger charge is 2.46. The van der Waals surface area contributed by atoms with Crippen molar-refractivity contribution in [1.29, 1.82) is 0 Å². The van der Waals surface area contributed by atoms with Crippen LogP contribution in [0.3, 0.4) is 0 Å². The van der Waals surface area contributed by atoms with E-state index in [1.165, 1.54) is 6.08 Å². The fourth-order valence-electron chi connectivity index (χ4n) is 1.35. The van der Waals surface area contributed by atoms with Gasteiger partial charge in [-0.15, -0.1) is 6.58 Å². The molecule has 0 heterocycles. The third kappa shape index (κ3) is 1.80. The summed E-state index contributed by atoms with van der Waals surface area (Å²) in [4.78, 5) is 10.3. The lowest BCUT2D eigenvalue weighted by Gasteiger charge is -2.34. The van der Waals surface area contributed by atoms with Crippen LogP contribution in [0.5, 0.6) is 0 Å². The average molecular weight is 172 g/mol. The zero-order valence-electron chi connectivity index (χ0n) is 6.65. The molecular weight excluding hydrogens is 162 g/mol. The van der Waals surface area contributed by atoms with E-state index in [2.05, 4.69) is 6.58 Å². The first-order chi connectivity index (χ1) is 5.59. The molecule has 1 aliphatic carbocycles. The number of alkyl halides is 2. The molecule has 1 saturated carbocycles. The van der Waals surface area contributed by atoms with Crippen molar-refractivity contribution in [3.8, 4) is 0 Å². The van der Waals surface area contributed by atoms with Crippen LogP contribution in [-0.2, 0) is 4.79 Å². The van der Waals surface area contributed by atoms with E-state index in [0.29, 0.717) is 12.0 Å². The molecule has 0 bridgehead atoms. The van der Waals surface area contributed by atoms with Crippen molar-refractivity contribution in [3.63, 3.8) is 0 Å². The van der Waals surface area contributed by atoms with E-state index >= 15 is 0 Å². The van der Waals surface area contributed by atoms with Gasteiger partial charge in [0.05, 0.1) is 0 Å². The third-order valence-corrected chi connectivity index (χ3v) is 2.08. The van der Waals surface area contributed by atoms with E-state index in [1.54, 1.807) is 5.94 Å². The van der Waals surface area contributed by atoms with Crippen LogP contribution in [0, 0.1) is 5.92 Å². The van der Waals surface area contributed by atoms with Crippen LogP contribution in [0.4, 0.5) is 8.78 Å². The van der Waals surface area contributed by atoms with Crippen molar-refractivity contribution in [2.45, 2.75) is 25.2 Å². The SMILES string of the molecule is C=CCC(=C=O)C1CC(F)(F)C1. The number of allylic oxidation sites excluding steroid dienone is 2. The predicted molar refractivity (Wildman–Crippen MR) is 41.7 cm³/mol. The highest BCUT2D eigenvalue weighted by atomic mass is 19.3. The Bertz CT molecular complexity index is 231. The number of carbonyl (C=O) groups excluding carboxylic acids is 1. The fraction of sp³-hybridized carbons (Fsp3) is 0.556. The third-order valence-electron chi connectivity index (χ3n) is 2.08. The Morgan fingerprint density at radius 1 is 1.67 bits per heavy atom. The summed E-state index contributed by atoms with van der Waals surface area (Å²) in [5.74, 6) is -1.12. The number of rotatable bonds is 3. The summed E-state index contributed by atoms with van der Waals surface area (Å²) < 4.78 is 24.7. The maximum absolute atomic E-state index is 12.4. The average Bonchev–Trinajstić information content (AvgIpc) is 1.95. The molecule has 1 rings (SSSR count). The lowest BCUT2D eigenvalue weighted by molar-refractivity contribution is -0.0993. The van der Waals surface area contributed by atoms with Crippen LogP contribution in [0.1, 0.15) is 19.3 Å². The van der Waals surface area contributed by atoms with Gasteiger partial charge < -0.3 is 0 Å². The van der Waals surface area contributed by atoms with Gasteiger partial charge in [0, 0.05) is 24.3 Å². The van der Waals surface area contributed by atoms with Gasteiger partial charge in [-0.25, -0.2) is 13.6 Å². The number of hydrogen-bond acceptors (Lipinski definition) is 1. The molecule has 12 heavy (non-hydrogen) atoms. The molecule has 0 aliphatic heterocycles. The smallest absolute Gasteiger partial charge is 0.234 e. The van der Waals surface area contributed by atoms with E-state index in [4.69, 9.17) is 0 Å². The summed E-state index contributed by atoms with van der Waals surface area (Å²) >= 11 is 0. The van der Waals surface area contributed by atoms with Gasteiger partial charge in [-0.05, 0) is 6.42 Å². The Hall–Kier alpha value is -0.950. The van der Waals surface area contributed by atoms with E-state index in [-0.39, 0.29) is 18.8 Å². The lowest BCUT2D eigenvalue weighted by Crippen LogP contribution is -2.36. The molecule has 0 amide bonds. The van der Waals surface area contributed by atoms with Gasteiger partial charge in [-0.3, -0.25) is 0 Å². The largest absolute Gasteiger partial charge is 0.249 e. The Labute approximate surface area is 69.8 Å². The van der Waals surface area contributed by atoms with Crippen LogP contribution >= 0.6 is 0 Å². The molecular formula is C9H10F2O. The first-order valence-electron chi connectivity index (χ1n) is 3.81. The first-order valence-corrected chi connectivity index (χ1v) is 3.81. The van der Waals surface area contributed by atoms with Gasteiger partial charge in [0.1, 0.15) is 5.94 Å². The molecule has 0 unspecified atom stereocenters. The molecule has 0 aromatic rings. The summed E-state index contributed by atoms with van der Waals surface area (Å²) in [7, 11) is 0. The number of hydrogen-bond donors (Lipinski definition) is 0. The number of halogens is 2. The minimum atomic E-state index is -2.56. The maximum atomic E-state index is 12.4. The van der Waals surface area contributed by atoms with E-state index in [0.717, 1.165) is 0 Å². The summed E-state index contributed by atoms with van der Waals surface area (Å²) in [6.07, 6.45) is 1.51. The molecule has 1 fully saturated rings. The van der Waals surface area contributed by atoms with E-state index in [9.17, 15) is 13.6 Å². The van der Waals surface area contributed by atoms with Gasteiger partial charge in [-0.1, -0.05) is 6.08 Å². The summed E-state index contributed by atoms with van der Waals surface area (Å²) in [6, 6.07) is 0. The molecule has 0 N–H and O–H groups in total. The van der Waals surface area contributed by atoms with Crippen LogP contribution in [0.2, 0.25) is 0 Å². The van der Waals surface area contributed by atoms with Crippen LogP contribution in [0.25, 0.3) is 0 Å². The summed E-state index contributed by atoms with van der Waals surface area (Å²) in [5.41, 5.74) is 0.427. The quantitative estimate of drug-likeness (QED) is 0.471. The van der Waals surface area contributed by atoms with Crippen molar-refractivity contribution in [3.05, 3.63) is 18.2 Å². The lowest BCUT2D eigenvalue weighted by atomic mass is 9.76. The topological polar surface area (TPSA) is 17.1 Å². The monoisotopic (exact) mass is 172 g/mol. The van der Waals surface area contributed by atoms with Gasteiger partial charge in [0.25, 0.3) is 0 Å². The summed E-state index contributed by atoms with van der Waals surface area (Å²) in [6.45, 7) is 3.44. The minimum Gasteiger partial charge on any atom is -0.234 e. The van der Waals surface area contributed by atoms with Crippen LogP contribution in [0.15, 0.2) is 18.2 Å². The molecule has 0 atom stereocenters. The van der Waals surface area contributed by atoms with Gasteiger partial charge >= 0.3 is 0 Å². The predicted octanol–water partition coefficient (Wildman–Crippen LogP) is 2.37. The molecule has 1 nitrogen and oxygen atoms in total. The molecule has 0 aromatic carbocycles. The molecule has 0 saturated heterocycles. The highest BCUT2D eigenvalue weighted by molar-refractivity contribution is 5.54. The standard InChI is InChI=1S/C9H10F2O/c1-2-3-7(6-12)8-4-9(10,11)5-8/h2,8H,1,3-5H2. The molecule has 1 aliphatic rings. The fourth-order valence-corrected chi connectivity index (χ4v) is 1.35. The van der Waals surface area contributed by atoms with Gasteiger partial charge in [-0.2, -0.15) is 0 Å². The second-order valence-corrected chi connectivity index (χ2v) is 3.08. The molecule has 0 aromatic heterocycles. The Balaban J connectivity index is 2.51. The van der Waals surface area contributed by atoms with Crippen molar-refractivity contribution >= 4 is 5.94 Å². The molecule has 0 radical (unpaired) electrons.